The molecule has 0 bridgehead atoms. The molecule has 2 aliphatic rings. The van der Waals surface area contributed by atoms with Crippen LogP contribution in [0, 0.1) is 5.92 Å². The smallest absolute Gasteiger partial charge is 0.271 e. The van der Waals surface area contributed by atoms with Crippen LogP contribution >= 0.6 is 11.3 Å². The molecular formula is C25H33N3O4S. The highest BCUT2D eigenvalue weighted by Gasteiger charge is 2.31. The van der Waals surface area contributed by atoms with E-state index >= 15 is 0 Å². The van der Waals surface area contributed by atoms with Crippen LogP contribution in [0.4, 0.5) is 0 Å². The number of rotatable bonds is 8. The Hall–Kier alpha value is -2.61. The fourth-order valence-corrected chi connectivity index (χ4v) is 5.43. The Morgan fingerprint density at radius 1 is 0.970 bits per heavy atom. The highest BCUT2D eigenvalue weighted by Crippen LogP contribution is 2.28. The molecule has 0 spiro atoms. The molecular weight excluding hydrogens is 438 g/mol. The molecule has 1 heterocycles. The van der Waals surface area contributed by atoms with Gasteiger partial charge in [-0.1, -0.05) is 44.2 Å². The number of nitrogens with zero attached hydrogens (tertiary/aromatic N) is 1. The summed E-state index contributed by atoms with van der Waals surface area (Å²) in [6.07, 6.45) is 9.35. The molecule has 178 valence electrons. The van der Waals surface area contributed by atoms with E-state index in [1.54, 1.807) is 12.5 Å². The van der Waals surface area contributed by atoms with Crippen LogP contribution in [0.5, 0.6) is 11.5 Å². The molecule has 2 fully saturated rings. The standard InChI is InChI=1S/C25H33N3O4S/c1-31-21-13-7-8-14-22(21)32-15-23-26-20(16-33-23)25(30)28-19-12-6-5-11-18(19)27-24(29)17-9-3-2-4-10-17/h7-8,13-14,16-19H,2-6,9-12,15H2,1H3,(H,27,29)(H,28,30)/t18-,19+/m0/s1. The predicted octanol–water partition coefficient (Wildman–Crippen LogP) is 4.47. The third kappa shape index (κ3) is 6.25. The zero-order valence-corrected chi connectivity index (χ0v) is 20.0. The maximum absolute atomic E-state index is 12.9. The number of nitrogens with one attached hydrogen (secondary N) is 2. The number of benzene rings is 1. The first kappa shape index (κ1) is 23.5. The SMILES string of the molecule is COc1ccccc1OCc1nc(C(=O)N[C@@H]2CCCC[C@@H]2NC(=O)C2CCCCC2)cs1. The average Bonchev–Trinajstić information content (AvgIpc) is 3.34. The summed E-state index contributed by atoms with van der Waals surface area (Å²) >= 11 is 1.40. The van der Waals surface area contributed by atoms with Crippen LogP contribution in [0.25, 0.3) is 0 Å². The van der Waals surface area contributed by atoms with Crippen LogP contribution in [0.2, 0.25) is 0 Å². The molecule has 2 aromatic rings. The van der Waals surface area contributed by atoms with Gasteiger partial charge in [0.15, 0.2) is 11.5 Å². The Labute approximate surface area is 199 Å². The highest BCUT2D eigenvalue weighted by atomic mass is 32.1. The van der Waals surface area contributed by atoms with Crippen LogP contribution in [0.15, 0.2) is 29.6 Å². The molecule has 2 saturated carbocycles. The van der Waals surface area contributed by atoms with E-state index in [2.05, 4.69) is 15.6 Å². The van der Waals surface area contributed by atoms with E-state index in [1.165, 1.54) is 17.8 Å². The van der Waals surface area contributed by atoms with Crippen LogP contribution in [-0.4, -0.2) is 36.0 Å². The van der Waals surface area contributed by atoms with Gasteiger partial charge in [0.05, 0.1) is 7.11 Å². The number of para-hydroxylation sites is 2. The van der Waals surface area contributed by atoms with Gasteiger partial charge in [-0.2, -0.15) is 0 Å². The van der Waals surface area contributed by atoms with E-state index in [-0.39, 0.29) is 36.4 Å². The normalized spacial score (nSPS) is 21.2. The zero-order chi connectivity index (χ0) is 23.0. The number of methoxy groups -OCH3 is 1. The Morgan fingerprint density at radius 2 is 1.64 bits per heavy atom. The summed E-state index contributed by atoms with van der Waals surface area (Å²) in [6.45, 7) is 0.266. The number of thiazole rings is 1. The second-order valence-corrected chi connectivity index (χ2v) is 9.82. The number of aromatic nitrogens is 1. The van der Waals surface area contributed by atoms with Crippen molar-refractivity contribution in [2.24, 2.45) is 5.92 Å². The monoisotopic (exact) mass is 471 g/mol. The minimum atomic E-state index is -0.196. The summed E-state index contributed by atoms with van der Waals surface area (Å²) in [5, 5.41) is 8.85. The van der Waals surface area contributed by atoms with E-state index in [9.17, 15) is 9.59 Å². The van der Waals surface area contributed by atoms with E-state index in [0.717, 1.165) is 56.4 Å². The molecule has 2 amide bonds. The number of hydrogen-bond donors (Lipinski definition) is 2. The molecule has 0 saturated heterocycles. The topological polar surface area (TPSA) is 89.6 Å². The van der Waals surface area contributed by atoms with Crippen molar-refractivity contribution < 1.29 is 19.1 Å². The quantitative estimate of drug-likeness (QED) is 0.593. The van der Waals surface area contributed by atoms with E-state index in [0.29, 0.717) is 17.2 Å². The minimum Gasteiger partial charge on any atom is -0.493 e. The first-order valence-electron chi connectivity index (χ1n) is 12.0. The zero-order valence-electron chi connectivity index (χ0n) is 19.2. The third-order valence-electron chi connectivity index (χ3n) is 6.59. The molecule has 1 aromatic carbocycles. The number of hydrogen-bond acceptors (Lipinski definition) is 6. The lowest BCUT2D eigenvalue weighted by Gasteiger charge is -2.34. The first-order valence-corrected chi connectivity index (χ1v) is 12.8. The lowest BCUT2D eigenvalue weighted by atomic mass is 9.86. The van der Waals surface area contributed by atoms with Gasteiger partial charge < -0.3 is 20.1 Å². The van der Waals surface area contributed by atoms with Crippen molar-refractivity contribution in [1.82, 2.24) is 15.6 Å². The molecule has 4 rings (SSSR count). The van der Waals surface area contributed by atoms with E-state index in [4.69, 9.17) is 9.47 Å². The largest absolute Gasteiger partial charge is 0.493 e. The number of carbonyl (C=O) groups is 2. The van der Waals surface area contributed by atoms with Crippen molar-refractivity contribution in [2.75, 3.05) is 7.11 Å². The minimum absolute atomic E-state index is 0.0101. The summed E-state index contributed by atoms with van der Waals surface area (Å²) in [7, 11) is 1.60. The predicted molar refractivity (Wildman–Crippen MR) is 128 cm³/mol. The number of carbonyl (C=O) groups excluding carboxylic acids is 2. The average molecular weight is 472 g/mol. The fraction of sp³-hybridized carbons (Fsp3) is 0.560. The summed E-state index contributed by atoms with van der Waals surface area (Å²) in [5.74, 6) is 1.39. The van der Waals surface area contributed by atoms with Crippen molar-refractivity contribution in [3.05, 3.63) is 40.3 Å². The van der Waals surface area contributed by atoms with Gasteiger partial charge in [-0.15, -0.1) is 11.3 Å². The van der Waals surface area contributed by atoms with Gasteiger partial charge in [0, 0.05) is 23.4 Å². The molecule has 2 N–H and O–H groups in total. The molecule has 0 aliphatic heterocycles. The van der Waals surface area contributed by atoms with Gasteiger partial charge >= 0.3 is 0 Å². The second kappa shape index (κ2) is 11.5. The molecule has 2 aliphatic carbocycles. The van der Waals surface area contributed by atoms with Gasteiger partial charge in [0.25, 0.3) is 5.91 Å². The Morgan fingerprint density at radius 3 is 2.36 bits per heavy atom. The number of amides is 2. The first-order chi connectivity index (χ1) is 16.1. The van der Waals surface area contributed by atoms with Crippen molar-refractivity contribution in [3.63, 3.8) is 0 Å². The summed E-state index contributed by atoms with van der Waals surface area (Å²) in [6, 6.07) is 7.37. The fourth-order valence-electron chi connectivity index (χ4n) is 4.74. The summed E-state index contributed by atoms with van der Waals surface area (Å²) in [5.41, 5.74) is 0.390. The summed E-state index contributed by atoms with van der Waals surface area (Å²) in [4.78, 5) is 30.1. The van der Waals surface area contributed by atoms with Crippen molar-refractivity contribution in [1.29, 1.82) is 0 Å². The van der Waals surface area contributed by atoms with Gasteiger partial charge in [-0.3, -0.25) is 9.59 Å². The summed E-state index contributed by atoms with van der Waals surface area (Å²) < 4.78 is 11.1. The Balaban J connectivity index is 1.32. The van der Waals surface area contributed by atoms with E-state index in [1.807, 2.05) is 24.3 Å². The Kier molecular flexibility index (Phi) is 8.20. The lowest BCUT2D eigenvalue weighted by Crippen LogP contribution is -2.54. The van der Waals surface area contributed by atoms with Gasteiger partial charge in [-0.05, 0) is 37.8 Å². The van der Waals surface area contributed by atoms with Gasteiger partial charge in [0.2, 0.25) is 5.91 Å². The second-order valence-electron chi connectivity index (χ2n) is 8.88. The van der Waals surface area contributed by atoms with Gasteiger partial charge in [-0.25, -0.2) is 4.98 Å². The number of ether oxygens (including phenoxy) is 2. The lowest BCUT2D eigenvalue weighted by molar-refractivity contribution is -0.127. The van der Waals surface area contributed by atoms with Crippen LogP contribution in [-0.2, 0) is 11.4 Å². The van der Waals surface area contributed by atoms with Crippen molar-refractivity contribution >= 4 is 23.2 Å². The molecule has 1 aromatic heterocycles. The molecule has 0 radical (unpaired) electrons. The van der Waals surface area contributed by atoms with E-state index < -0.39 is 0 Å². The molecule has 0 unspecified atom stereocenters. The maximum atomic E-state index is 12.9. The van der Waals surface area contributed by atoms with Crippen LogP contribution in [0.3, 0.4) is 0 Å². The molecule has 2 atom stereocenters. The highest BCUT2D eigenvalue weighted by molar-refractivity contribution is 7.09. The maximum Gasteiger partial charge on any atom is 0.271 e. The molecule has 7 nitrogen and oxygen atoms in total. The van der Waals surface area contributed by atoms with Crippen molar-refractivity contribution in [3.8, 4) is 11.5 Å². The Bertz CT molecular complexity index is 941. The third-order valence-corrected chi connectivity index (χ3v) is 7.41. The molecule has 33 heavy (non-hydrogen) atoms. The van der Waals surface area contributed by atoms with Crippen LogP contribution < -0.4 is 20.1 Å². The van der Waals surface area contributed by atoms with Crippen molar-refractivity contribution in [2.45, 2.75) is 76.5 Å². The van der Waals surface area contributed by atoms with Crippen LogP contribution in [0.1, 0.15) is 73.3 Å². The molecule has 8 heteroatoms. The van der Waals surface area contributed by atoms with Gasteiger partial charge in [0.1, 0.15) is 17.3 Å².